The second-order valence-electron chi connectivity index (χ2n) is 3.18. The van der Waals surface area contributed by atoms with Crippen molar-refractivity contribution in [3.8, 4) is 5.75 Å². The van der Waals surface area contributed by atoms with E-state index in [4.69, 9.17) is 9.84 Å². The Balaban J connectivity index is 2.69. The van der Waals surface area contributed by atoms with Crippen LogP contribution in [0.25, 0.3) is 10.8 Å². The molecule has 0 aliphatic heterocycles. The number of ether oxygens (including phenoxy) is 1. The van der Waals surface area contributed by atoms with Crippen LogP contribution in [-0.4, -0.2) is 23.2 Å². The predicted molar refractivity (Wildman–Crippen MR) is 55.2 cm³/mol. The summed E-state index contributed by atoms with van der Waals surface area (Å²) < 4.78 is 18.5. The summed E-state index contributed by atoms with van der Waals surface area (Å²) in [5, 5.41) is 9.45. The van der Waals surface area contributed by atoms with Gasteiger partial charge < -0.3 is 9.84 Å². The third kappa shape index (κ3) is 1.56. The van der Waals surface area contributed by atoms with Crippen molar-refractivity contribution in [2.24, 2.45) is 0 Å². The first-order chi connectivity index (χ1) is 7.63. The zero-order chi connectivity index (χ0) is 11.7. The van der Waals surface area contributed by atoms with Crippen LogP contribution in [0.5, 0.6) is 5.75 Å². The lowest BCUT2D eigenvalue weighted by Crippen LogP contribution is -2.00. The lowest BCUT2D eigenvalue weighted by molar-refractivity contribution is 0.0690. The lowest BCUT2D eigenvalue weighted by atomic mass is 10.1. The predicted octanol–water partition coefficient (Wildman–Crippen LogP) is 2.08. The highest BCUT2D eigenvalue weighted by molar-refractivity contribution is 5.92. The Morgan fingerprint density at radius 1 is 1.50 bits per heavy atom. The molecule has 0 fully saturated rings. The second kappa shape index (κ2) is 3.77. The van der Waals surface area contributed by atoms with E-state index in [-0.39, 0.29) is 16.8 Å². The first kappa shape index (κ1) is 10.4. The van der Waals surface area contributed by atoms with Gasteiger partial charge in [0, 0.05) is 11.6 Å². The van der Waals surface area contributed by atoms with Crippen molar-refractivity contribution in [2.45, 2.75) is 0 Å². The van der Waals surface area contributed by atoms with Crippen molar-refractivity contribution in [1.29, 1.82) is 0 Å². The molecule has 0 bridgehead atoms. The number of nitrogens with zero attached hydrogens (tertiary/aromatic N) is 1. The Morgan fingerprint density at radius 2 is 2.25 bits per heavy atom. The van der Waals surface area contributed by atoms with Gasteiger partial charge in [0.2, 0.25) is 0 Å². The maximum Gasteiger partial charge on any atom is 0.354 e. The van der Waals surface area contributed by atoms with Gasteiger partial charge in [-0.2, -0.15) is 0 Å². The van der Waals surface area contributed by atoms with Gasteiger partial charge in [-0.3, -0.25) is 0 Å². The Kier molecular flexibility index (Phi) is 2.44. The first-order valence-corrected chi connectivity index (χ1v) is 4.49. The number of carbonyl (C=O) groups is 1. The summed E-state index contributed by atoms with van der Waals surface area (Å²) in [5.74, 6) is -1.57. The molecule has 0 aliphatic carbocycles. The normalized spacial score (nSPS) is 10.4. The number of methoxy groups -OCH3 is 1. The smallest absolute Gasteiger partial charge is 0.354 e. The molecule has 2 aromatic rings. The SMILES string of the molecule is COc1ccc2cc(C(=O)O)ncc2c1F. The quantitative estimate of drug-likeness (QED) is 0.843. The molecular formula is C11H8FNO3. The number of halogens is 1. The summed E-state index contributed by atoms with van der Waals surface area (Å²) in [7, 11) is 1.36. The number of fused-ring (bicyclic) bond motifs is 1. The zero-order valence-corrected chi connectivity index (χ0v) is 8.40. The van der Waals surface area contributed by atoms with Crippen LogP contribution in [0, 0.1) is 5.82 Å². The number of benzene rings is 1. The van der Waals surface area contributed by atoms with Crippen LogP contribution in [0.3, 0.4) is 0 Å². The maximum atomic E-state index is 13.7. The highest BCUT2D eigenvalue weighted by Gasteiger charge is 2.11. The molecule has 0 aliphatic rings. The molecule has 2 rings (SSSR count). The fraction of sp³-hybridized carbons (Fsp3) is 0.0909. The van der Waals surface area contributed by atoms with E-state index in [0.29, 0.717) is 5.39 Å². The number of carboxylic acid groups (broad SMARTS) is 1. The molecule has 4 nitrogen and oxygen atoms in total. The molecule has 0 radical (unpaired) electrons. The second-order valence-corrected chi connectivity index (χ2v) is 3.18. The average Bonchev–Trinajstić information content (AvgIpc) is 2.29. The summed E-state index contributed by atoms with van der Waals surface area (Å²) in [4.78, 5) is 14.3. The van der Waals surface area contributed by atoms with Crippen LogP contribution in [-0.2, 0) is 0 Å². The van der Waals surface area contributed by atoms with E-state index in [2.05, 4.69) is 4.98 Å². The Hall–Kier alpha value is -2.17. The van der Waals surface area contributed by atoms with E-state index < -0.39 is 11.8 Å². The van der Waals surface area contributed by atoms with Crippen molar-refractivity contribution in [3.05, 3.63) is 35.9 Å². The molecule has 1 aromatic carbocycles. The molecule has 5 heteroatoms. The molecule has 0 spiro atoms. The topological polar surface area (TPSA) is 59.4 Å². The molecule has 1 heterocycles. The summed E-state index contributed by atoms with van der Waals surface area (Å²) >= 11 is 0. The van der Waals surface area contributed by atoms with Gasteiger partial charge in [-0.15, -0.1) is 0 Å². The van der Waals surface area contributed by atoms with E-state index in [9.17, 15) is 9.18 Å². The number of hydrogen-bond donors (Lipinski definition) is 1. The minimum atomic E-state index is -1.14. The number of hydrogen-bond acceptors (Lipinski definition) is 3. The lowest BCUT2D eigenvalue weighted by Gasteiger charge is -2.05. The van der Waals surface area contributed by atoms with E-state index >= 15 is 0 Å². The van der Waals surface area contributed by atoms with Crippen LogP contribution in [0.2, 0.25) is 0 Å². The fourth-order valence-corrected chi connectivity index (χ4v) is 1.44. The van der Waals surface area contributed by atoms with Gasteiger partial charge >= 0.3 is 5.97 Å². The molecular weight excluding hydrogens is 213 g/mol. The van der Waals surface area contributed by atoms with Gasteiger partial charge in [-0.05, 0) is 17.5 Å². The third-order valence-corrected chi connectivity index (χ3v) is 2.24. The summed E-state index contributed by atoms with van der Waals surface area (Å²) in [5.41, 5.74) is -0.114. The van der Waals surface area contributed by atoms with Crippen LogP contribution >= 0.6 is 0 Å². The molecule has 0 amide bonds. The Morgan fingerprint density at radius 3 is 2.88 bits per heavy atom. The van der Waals surface area contributed by atoms with Gasteiger partial charge in [0.15, 0.2) is 11.6 Å². The number of aromatic carboxylic acids is 1. The number of pyridine rings is 1. The summed E-state index contributed by atoms with van der Waals surface area (Å²) in [6.45, 7) is 0. The minimum Gasteiger partial charge on any atom is -0.494 e. The first-order valence-electron chi connectivity index (χ1n) is 4.49. The highest BCUT2D eigenvalue weighted by Crippen LogP contribution is 2.25. The van der Waals surface area contributed by atoms with Crippen LogP contribution in [0.15, 0.2) is 24.4 Å². The zero-order valence-electron chi connectivity index (χ0n) is 8.40. The summed E-state index contributed by atoms with van der Waals surface area (Å²) in [6.07, 6.45) is 1.19. The fourth-order valence-electron chi connectivity index (χ4n) is 1.44. The number of aromatic nitrogens is 1. The molecule has 0 saturated heterocycles. The average molecular weight is 221 g/mol. The van der Waals surface area contributed by atoms with Crippen molar-refractivity contribution in [3.63, 3.8) is 0 Å². The molecule has 0 unspecified atom stereocenters. The molecule has 0 saturated carbocycles. The van der Waals surface area contributed by atoms with Gasteiger partial charge in [-0.25, -0.2) is 14.2 Å². The largest absolute Gasteiger partial charge is 0.494 e. The molecule has 1 N–H and O–H groups in total. The standard InChI is InChI=1S/C11H8FNO3/c1-16-9-3-2-6-4-8(11(14)15)13-5-7(6)10(9)12/h2-5H,1H3,(H,14,15). The molecule has 1 aromatic heterocycles. The van der Waals surface area contributed by atoms with Gasteiger partial charge in [0.05, 0.1) is 7.11 Å². The van der Waals surface area contributed by atoms with Crippen LogP contribution in [0.4, 0.5) is 4.39 Å². The minimum absolute atomic E-state index is 0.109. The number of rotatable bonds is 2. The Labute approximate surface area is 90.3 Å². The van der Waals surface area contributed by atoms with Gasteiger partial charge in [0.25, 0.3) is 0 Å². The monoisotopic (exact) mass is 221 g/mol. The van der Waals surface area contributed by atoms with Crippen molar-refractivity contribution in [2.75, 3.05) is 7.11 Å². The van der Waals surface area contributed by atoms with Crippen molar-refractivity contribution in [1.82, 2.24) is 4.98 Å². The maximum absolute atomic E-state index is 13.7. The summed E-state index contributed by atoms with van der Waals surface area (Å²) in [6, 6.07) is 4.36. The van der Waals surface area contributed by atoms with Crippen molar-refractivity contribution < 1.29 is 19.0 Å². The van der Waals surface area contributed by atoms with E-state index in [1.807, 2.05) is 0 Å². The molecule has 0 atom stereocenters. The van der Waals surface area contributed by atoms with Crippen LogP contribution in [0.1, 0.15) is 10.5 Å². The van der Waals surface area contributed by atoms with E-state index in [1.165, 1.54) is 25.4 Å². The van der Waals surface area contributed by atoms with Crippen molar-refractivity contribution >= 4 is 16.7 Å². The number of carboxylic acids is 1. The Bertz CT molecular complexity index is 568. The third-order valence-electron chi connectivity index (χ3n) is 2.24. The van der Waals surface area contributed by atoms with Crippen LogP contribution < -0.4 is 4.74 Å². The van der Waals surface area contributed by atoms with E-state index in [0.717, 1.165) is 0 Å². The van der Waals surface area contributed by atoms with Gasteiger partial charge in [0.1, 0.15) is 5.69 Å². The highest BCUT2D eigenvalue weighted by atomic mass is 19.1. The van der Waals surface area contributed by atoms with E-state index in [1.54, 1.807) is 6.07 Å². The molecule has 82 valence electrons. The molecule has 16 heavy (non-hydrogen) atoms. The van der Waals surface area contributed by atoms with Gasteiger partial charge in [-0.1, -0.05) is 6.07 Å².